The predicted molar refractivity (Wildman–Crippen MR) is 115 cm³/mol. The molecule has 156 valence electrons. The van der Waals surface area contributed by atoms with Gasteiger partial charge in [0.1, 0.15) is 5.76 Å². The minimum atomic E-state index is 0.157. The minimum absolute atomic E-state index is 0.157. The summed E-state index contributed by atoms with van der Waals surface area (Å²) in [5, 5.41) is 8.66. The summed E-state index contributed by atoms with van der Waals surface area (Å²) in [5.74, 6) is 2.07. The molecule has 4 rings (SSSR count). The Morgan fingerprint density at radius 2 is 2.07 bits per heavy atom. The topological polar surface area (TPSA) is 73.1 Å². The maximum Gasteiger partial charge on any atom is 0.234 e. The largest absolute Gasteiger partial charge is 0.469 e. The van der Waals surface area contributed by atoms with Crippen molar-refractivity contribution in [3.05, 3.63) is 46.5 Å². The van der Waals surface area contributed by atoms with E-state index < -0.39 is 0 Å². The molecule has 7 nitrogen and oxygen atoms in total. The third-order valence-corrected chi connectivity index (χ3v) is 6.04. The Bertz CT molecular complexity index is 778. The Morgan fingerprint density at radius 3 is 2.76 bits per heavy atom. The van der Waals surface area contributed by atoms with E-state index in [1.54, 1.807) is 17.6 Å². The lowest BCUT2D eigenvalue weighted by Crippen LogP contribution is -2.54. The summed E-state index contributed by atoms with van der Waals surface area (Å²) >= 11 is 1.73. The van der Waals surface area contributed by atoms with Gasteiger partial charge < -0.3 is 20.0 Å². The number of furan rings is 1. The first-order chi connectivity index (χ1) is 14.3. The summed E-state index contributed by atoms with van der Waals surface area (Å²) in [6, 6.07) is 8.52. The van der Waals surface area contributed by atoms with Gasteiger partial charge in [0.15, 0.2) is 5.96 Å². The van der Waals surface area contributed by atoms with Gasteiger partial charge in [-0.15, -0.1) is 11.3 Å². The van der Waals surface area contributed by atoms with Gasteiger partial charge in [-0.2, -0.15) is 0 Å². The van der Waals surface area contributed by atoms with E-state index in [2.05, 4.69) is 37.9 Å². The Hall–Kier alpha value is -2.32. The third kappa shape index (κ3) is 6.33. The summed E-state index contributed by atoms with van der Waals surface area (Å²) in [4.78, 5) is 22.7. The zero-order chi connectivity index (χ0) is 19.9. The second kappa shape index (κ2) is 9.93. The molecule has 0 atom stereocenters. The van der Waals surface area contributed by atoms with E-state index in [1.807, 2.05) is 12.1 Å². The van der Waals surface area contributed by atoms with E-state index in [1.165, 1.54) is 4.88 Å². The second-order valence-electron chi connectivity index (χ2n) is 7.58. The fraction of sp³-hybridized carbons (Fsp3) is 0.524. The highest BCUT2D eigenvalue weighted by Crippen LogP contribution is 2.18. The Kier molecular flexibility index (Phi) is 6.84. The minimum Gasteiger partial charge on any atom is -0.469 e. The monoisotopic (exact) mass is 415 g/mol. The van der Waals surface area contributed by atoms with E-state index in [0.29, 0.717) is 19.1 Å². The molecule has 0 aromatic carbocycles. The highest BCUT2D eigenvalue weighted by atomic mass is 32.1. The molecule has 8 heteroatoms. The number of piperazine rings is 1. The van der Waals surface area contributed by atoms with Crippen molar-refractivity contribution in [2.24, 2.45) is 4.99 Å². The lowest BCUT2D eigenvalue weighted by molar-refractivity contribution is -0.122. The molecule has 3 heterocycles. The van der Waals surface area contributed by atoms with Crippen LogP contribution in [0.3, 0.4) is 0 Å². The van der Waals surface area contributed by atoms with E-state index in [4.69, 9.17) is 9.41 Å². The van der Waals surface area contributed by atoms with Crippen molar-refractivity contribution in [2.45, 2.75) is 31.8 Å². The second-order valence-corrected chi connectivity index (χ2v) is 8.61. The van der Waals surface area contributed by atoms with Crippen LogP contribution in [0.5, 0.6) is 0 Å². The summed E-state index contributed by atoms with van der Waals surface area (Å²) < 4.78 is 5.43. The van der Waals surface area contributed by atoms with Crippen LogP contribution in [0.25, 0.3) is 0 Å². The van der Waals surface area contributed by atoms with E-state index in [-0.39, 0.29) is 5.91 Å². The number of nitrogens with zero attached hydrogens (tertiary/aromatic N) is 3. The maximum atomic E-state index is 12.1. The molecule has 2 aromatic heterocycles. The summed E-state index contributed by atoms with van der Waals surface area (Å²) in [6.45, 7) is 5.44. The number of amides is 1. The zero-order valence-corrected chi connectivity index (χ0v) is 17.5. The lowest BCUT2D eigenvalue weighted by Gasteiger charge is -2.36. The molecule has 1 saturated heterocycles. The lowest BCUT2D eigenvalue weighted by atomic mass is 10.3. The van der Waals surface area contributed by atoms with Gasteiger partial charge in [-0.25, -0.2) is 4.99 Å². The van der Waals surface area contributed by atoms with Gasteiger partial charge in [0.05, 0.1) is 19.4 Å². The molecule has 1 amide bonds. The standard InChI is InChI=1S/C21H29N5O2S/c27-20(24-17-5-6-17)16-25-9-11-26(12-10-25)21(23-15-19-4-2-14-29-19)22-8-7-18-3-1-13-28-18/h1-4,13-14,17H,5-12,15-16H2,(H,22,23)(H,24,27). The van der Waals surface area contributed by atoms with Gasteiger partial charge >= 0.3 is 0 Å². The summed E-state index contributed by atoms with van der Waals surface area (Å²) in [5.41, 5.74) is 0. The molecule has 2 fully saturated rings. The molecule has 1 saturated carbocycles. The molecular formula is C21H29N5O2S. The molecule has 1 aliphatic heterocycles. The number of thiophene rings is 1. The molecular weight excluding hydrogens is 386 g/mol. The van der Waals surface area contributed by atoms with Crippen molar-refractivity contribution in [3.63, 3.8) is 0 Å². The third-order valence-electron chi connectivity index (χ3n) is 5.18. The maximum absolute atomic E-state index is 12.1. The highest BCUT2D eigenvalue weighted by molar-refractivity contribution is 7.09. The van der Waals surface area contributed by atoms with Gasteiger partial charge in [0, 0.05) is 50.1 Å². The fourth-order valence-electron chi connectivity index (χ4n) is 3.40. The normalized spacial score (nSPS) is 18.1. The van der Waals surface area contributed by atoms with Crippen LogP contribution in [-0.4, -0.2) is 67.0 Å². The number of nitrogens with one attached hydrogen (secondary N) is 2. The van der Waals surface area contributed by atoms with Crippen LogP contribution in [0.2, 0.25) is 0 Å². The highest BCUT2D eigenvalue weighted by Gasteiger charge is 2.26. The van der Waals surface area contributed by atoms with Gasteiger partial charge in [0.25, 0.3) is 0 Å². The number of rotatable bonds is 8. The first-order valence-corrected chi connectivity index (χ1v) is 11.2. The van der Waals surface area contributed by atoms with Crippen molar-refractivity contribution in [1.82, 2.24) is 20.4 Å². The van der Waals surface area contributed by atoms with Gasteiger partial charge in [-0.1, -0.05) is 6.07 Å². The van der Waals surface area contributed by atoms with E-state index in [9.17, 15) is 4.79 Å². The van der Waals surface area contributed by atoms with Crippen LogP contribution >= 0.6 is 11.3 Å². The molecule has 0 bridgehead atoms. The number of carbonyl (C=O) groups is 1. The SMILES string of the molecule is O=C(CN1CCN(C(=NCc2cccs2)NCCc2ccco2)CC1)NC1CC1. The predicted octanol–water partition coefficient (Wildman–Crippen LogP) is 1.93. The van der Waals surface area contributed by atoms with Crippen molar-refractivity contribution in [3.8, 4) is 0 Å². The van der Waals surface area contributed by atoms with E-state index in [0.717, 1.165) is 63.7 Å². The molecule has 2 aliphatic rings. The quantitative estimate of drug-likeness (QED) is 0.509. The van der Waals surface area contributed by atoms with Crippen LogP contribution in [-0.2, 0) is 17.8 Å². The van der Waals surface area contributed by atoms with Gasteiger partial charge in [-0.05, 0) is 36.4 Å². The van der Waals surface area contributed by atoms with Crippen molar-refractivity contribution >= 4 is 23.2 Å². The molecule has 29 heavy (non-hydrogen) atoms. The van der Waals surface area contributed by atoms with Crippen LogP contribution in [0, 0.1) is 0 Å². The molecule has 0 radical (unpaired) electrons. The smallest absolute Gasteiger partial charge is 0.234 e. The van der Waals surface area contributed by atoms with Crippen LogP contribution in [0.1, 0.15) is 23.5 Å². The Balaban J connectivity index is 1.29. The number of hydrogen-bond donors (Lipinski definition) is 2. The average molecular weight is 416 g/mol. The van der Waals surface area contributed by atoms with Gasteiger partial charge in [0.2, 0.25) is 5.91 Å². The molecule has 2 N–H and O–H groups in total. The van der Waals surface area contributed by atoms with Crippen LogP contribution < -0.4 is 10.6 Å². The molecule has 0 unspecified atom stereocenters. The number of guanidine groups is 1. The van der Waals surface area contributed by atoms with Crippen molar-refractivity contribution in [1.29, 1.82) is 0 Å². The van der Waals surface area contributed by atoms with Crippen LogP contribution in [0.4, 0.5) is 0 Å². The summed E-state index contributed by atoms with van der Waals surface area (Å²) in [6.07, 6.45) is 4.80. The van der Waals surface area contributed by atoms with Crippen LogP contribution in [0.15, 0.2) is 45.3 Å². The molecule has 0 spiro atoms. The van der Waals surface area contributed by atoms with Gasteiger partial charge in [-0.3, -0.25) is 9.69 Å². The van der Waals surface area contributed by atoms with Crippen molar-refractivity contribution in [2.75, 3.05) is 39.3 Å². The Labute approximate surface area is 175 Å². The summed E-state index contributed by atoms with van der Waals surface area (Å²) in [7, 11) is 0. The first kappa shape index (κ1) is 20.0. The van der Waals surface area contributed by atoms with Crippen molar-refractivity contribution < 1.29 is 9.21 Å². The number of carbonyl (C=O) groups excluding carboxylic acids is 1. The number of hydrogen-bond acceptors (Lipinski definition) is 5. The first-order valence-electron chi connectivity index (χ1n) is 10.4. The molecule has 1 aliphatic carbocycles. The van der Waals surface area contributed by atoms with E-state index >= 15 is 0 Å². The molecule has 2 aromatic rings. The fourth-order valence-corrected chi connectivity index (χ4v) is 4.03. The zero-order valence-electron chi connectivity index (χ0n) is 16.7. The average Bonchev–Trinajstić information content (AvgIpc) is 3.18. The number of aliphatic imine (C=N–C) groups is 1. The Morgan fingerprint density at radius 1 is 1.21 bits per heavy atom.